The Hall–Kier alpha value is -1.51. The van der Waals surface area contributed by atoms with Crippen LogP contribution in [-0.2, 0) is 6.54 Å². The van der Waals surface area contributed by atoms with Crippen molar-refractivity contribution in [2.24, 2.45) is 11.8 Å². The van der Waals surface area contributed by atoms with Crippen LogP contribution >= 0.6 is 0 Å². The second kappa shape index (κ2) is 6.60. The van der Waals surface area contributed by atoms with Gasteiger partial charge in [-0.1, -0.05) is 5.21 Å². The van der Waals surface area contributed by atoms with E-state index in [1.54, 1.807) is 10.9 Å². The van der Waals surface area contributed by atoms with Crippen molar-refractivity contribution >= 4 is 5.91 Å². The molecule has 0 spiro atoms. The third-order valence-electron chi connectivity index (χ3n) is 3.46. The number of aliphatic hydroxyl groups is 1. The first-order valence-corrected chi connectivity index (χ1v) is 6.47. The predicted molar refractivity (Wildman–Crippen MR) is 67.9 cm³/mol. The predicted octanol–water partition coefficient (Wildman–Crippen LogP) is -1.41. The van der Waals surface area contributed by atoms with Gasteiger partial charge in [-0.2, -0.15) is 0 Å². The molecular formula is C11H20N6O2. The summed E-state index contributed by atoms with van der Waals surface area (Å²) in [6.07, 6.45) is 3.60. The normalized spacial score (nSPS) is 19.8. The molecule has 0 radical (unpaired) electrons. The highest BCUT2D eigenvalue weighted by molar-refractivity contribution is 5.91. The van der Waals surface area contributed by atoms with Crippen molar-refractivity contribution < 1.29 is 9.90 Å². The number of hydrogen-bond donors (Lipinski definition) is 3. The molecule has 1 amide bonds. The van der Waals surface area contributed by atoms with E-state index >= 15 is 0 Å². The molecule has 106 valence electrons. The van der Waals surface area contributed by atoms with Gasteiger partial charge in [0.15, 0.2) is 5.69 Å². The summed E-state index contributed by atoms with van der Waals surface area (Å²) < 4.78 is 1.64. The van der Waals surface area contributed by atoms with E-state index in [9.17, 15) is 4.79 Å². The van der Waals surface area contributed by atoms with Crippen LogP contribution in [0.15, 0.2) is 6.20 Å². The molecule has 4 N–H and O–H groups in total. The second-order valence-corrected chi connectivity index (χ2v) is 4.81. The van der Waals surface area contributed by atoms with Crippen LogP contribution in [0.2, 0.25) is 0 Å². The average molecular weight is 268 g/mol. The van der Waals surface area contributed by atoms with Gasteiger partial charge in [0.25, 0.3) is 5.91 Å². The minimum atomic E-state index is -0.435. The number of likely N-dealkylation sites (tertiary alicyclic amines) is 1. The van der Waals surface area contributed by atoms with E-state index in [0.717, 1.165) is 32.5 Å². The molecule has 1 aromatic heterocycles. The lowest BCUT2D eigenvalue weighted by Crippen LogP contribution is -2.30. The summed E-state index contributed by atoms with van der Waals surface area (Å²) in [5, 5.41) is 16.5. The van der Waals surface area contributed by atoms with Gasteiger partial charge in [0.1, 0.15) is 0 Å². The van der Waals surface area contributed by atoms with E-state index in [2.05, 4.69) is 15.2 Å². The number of hydrogen-bond acceptors (Lipinski definition) is 6. The average Bonchev–Trinajstić information content (AvgIpc) is 3.05. The number of hydrazine groups is 1. The molecule has 1 atom stereocenters. The minimum absolute atomic E-state index is 0.224. The van der Waals surface area contributed by atoms with Crippen LogP contribution < -0.4 is 11.3 Å². The summed E-state index contributed by atoms with van der Waals surface area (Å²) in [6, 6.07) is 0. The number of nitrogens with one attached hydrogen (secondary N) is 1. The molecule has 19 heavy (non-hydrogen) atoms. The third kappa shape index (κ3) is 3.72. The number of rotatable bonds is 6. The van der Waals surface area contributed by atoms with E-state index in [1.165, 1.54) is 0 Å². The van der Waals surface area contributed by atoms with Crippen molar-refractivity contribution in [3.8, 4) is 0 Å². The molecule has 0 saturated carbocycles. The maximum Gasteiger partial charge on any atom is 0.287 e. The van der Waals surface area contributed by atoms with Gasteiger partial charge in [0.05, 0.1) is 12.7 Å². The highest BCUT2D eigenvalue weighted by atomic mass is 16.3. The highest BCUT2D eigenvalue weighted by Crippen LogP contribution is 2.18. The van der Waals surface area contributed by atoms with Crippen LogP contribution in [0.5, 0.6) is 0 Å². The molecule has 0 aromatic carbocycles. The van der Waals surface area contributed by atoms with Gasteiger partial charge in [0.2, 0.25) is 0 Å². The number of aliphatic hydroxyl groups excluding tert-OH is 1. The molecule has 1 saturated heterocycles. The SMILES string of the molecule is NNC(=O)c1cn(CCN2CCC(CCO)C2)nn1. The van der Waals surface area contributed by atoms with Gasteiger partial charge in [0, 0.05) is 19.7 Å². The number of amides is 1. The molecule has 0 aliphatic carbocycles. The fourth-order valence-corrected chi connectivity index (χ4v) is 2.36. The number of nitrogens with zero attached hydrogens (tertiary/aromatic N) is 4. The van der Waals surface area contributed by atoms with Crippen molar-refractivity contribution in [1.29, 1.82) is 0 Å². The lowest BCUT2D eigenvalue weighted by molar-refractivity contribution is 0.0948. The number of carbonyl (C=O) groups excluding carboxylic acids is 1. The summed E-state index contributed by atoms with van der Waals surface area (Å²) in [6.45, 7) is 3.89. The van der Waals surface area contributed by atoms with Gasteiger partial charge < -0.3 is 10.0 Å². The number of aromatic nitrogens is 3. The van der Waals surface area contributed by atoms with Crippen LogP contribution in [0.3, 0.4) is 0 Å². The Balaban J connectivity index is 1.77. The second-order valence-electron chi connectivity index (χ2n) is 4.81. The molecule has 2 heterocycles. The summed E-state index contributed by atoms with van der Waals surface area (Å²) in [7, 11) is 0. The van der Waals surface area contributed by atoms with Crippen LogP contribution in [0.1, 0.15) is 23.3 Å². The zero-order valence-electron chi connectivity index (χ0n) is 10.8. The van der Waals surface area contributed by atoms with Gasteiger partial charge in [-0.05, 0) is 25.3 Å². The van der Waals surface area contributed by atoms with E-state index in [4.69, 9.17) is 10.9 Å². The molecule has 0 bridgehead atoms. The lowest BCUT2D eigenvalue weighted by Gasteiger charge is -2.15. The molecule has 8 nitrogen and oxygen atoms in total. The Morgan fingerprint density at radius 2 is 2.42 bits per heavy atom. The zero-order chi connectivity index (χ0) is 13.7. The Labute approximate surface area is 111 Å². The van der Waals surface area contributed by atoms with Gasteiger partial charge in [-0.25, -0.2) is 5.84 Å². The summed E-state index contributed by atoms with van der Waals surface area (Å²) in [4.78, 5) is 13.6. The van der Waals surface area contributed by atoms with Gasteiger partial charge >= 0.3 is 0 Å². The van der Waals surface area contributed by atoms with Crippen molar-refractivity contribution in [3.05, 3.63) is 11.9 Å². The highest BCUT2D eigenvalue weighted by Gasteiger charge is 2.21. The fraction of sp³-hybridized carbons (Fsp3) is 0.727. The first-order valence-electron chi connectivity index (χ1n) is 6.47. The summed E-state index contributed by atoms with van der Waals surface area (Å²) in [5.74, 6) is 5.19. The number of nitrogen functional groups attached to an aromatic ring is 1. The zero-order valence-corrected chi connectivity index (χ0v) is 10.8. The van der Waals surface area contributed by atoms with Crippen molar-refractivity contribution in [2.75, 3.05) is 26.2 Å². The van der Waals surface area contributed by atoms with Gasteiger partial charge in [-0.15, -0.1) is 5.10 Å². The molecule has 8 heteroatoms. The summed E-state index contributed by atoms with van der Waals surface area (Å²) in [5.41, 5.74) is 2.25. The Morgan fingerprint density at radius 1 is 1.58 bits per heavy atom. The molecular weight excluding hydrogens is 248 g/mol. The molecule has 1 aliphatic heterocycles. The van der Waals surface area contributed by atoms with Crippen LogP contribution in [0, 0.1) is 5.92 Å². The Morgan fingerprint density at radius 3 is 3.16 bits per heavy atom. The van der Waals surface area contributed by atoms with Crippen LogP contribution in [0.25, 0.3) is 0 Å². The molecule has 1 unspecified atom stereocenters. The molecule has 2 rings (SSSR count). The van der Waals surface area contributed by atoms with E-state index < -0.39 is 5.91 Å². The van der Waals surface area contributed by atoms with Crippen LogP contribution in [-0.4, -0.2) is 57.1 Å². The maximum absolute atomic E-state index is 11.2. The molecule has 1 aromatic rings. The Bertz CT molecular complexity index is 421. The quantitative estimate of drug-likeness (QED) is 0.332. The minimum Gasteiger partial charge on any atom is -0.396 e. The number of nitrogens with two attached hydrogens (primary N) is 1. The fourth-order valence-electron chi connectivity index (χ4n) is 2.36. The van der Waals surface area contributed by atoms with Crippen molar-refractivity contribution in [3.63, 3.8) is 0 Å². The van der Waals surface area contributed by atoms with Gasteiger partial charge in [-0.3, -0.25) is 14.9 Å². The largest absolute Gasteiger partial charge is 0.396 e. The first-order chi connectivity index (χ1) is 9.22. The maximum atomic E-state index is 11.2. The third-order valence-corrected chi connectivity index (χ3v) is 3.46. The number of carbonyl (C=O) groups is 1. The standard InChI is InChI=1S/C11H20N6O2/c12-13-11(19)10-8-17(15-14-10)5-4-16-3-1-9(7-16)2-6-18/h8-9,18H,1-7,12H2,(H,13,19). The lowest BCUT2D eigenvalue weighted by atomic mass is 10.1. The molecule has 1 aliphatic rings. The molecule has 1 fully saturated rings. The smallest absolute Gasteiger partial charge is 0.287 e. The van der Waals surface area contributed by atoms with Crippen molar-refractivity contribution in [1.82, 2.24) is 25.3 Å². The Kier molecular flexibility index (Phi) is 4.83. The van der Waals surface area contributed by atoms with Crippen molar-refractivity contribution in [2.45, 2.75) is 19.4 Å². The van der Waals surface area contributed by atoms with Crippen LogP contribution in [0.4, 0.5) is 0 Å². The van der Waals surface area contributed by atoms with E-state index in [1.807, 2.05) is 5.43 Å². The van der Waals surface area contributed by atoms with E-state index in [0.29, 0.717) is 12.5 Å². The monoisotopic (exact) mass is 268 g/mol. The topological polar surface area (TPSA) is 109 Å². The summed E-state index contributed by atoms with van der Waals surface area (Å²) >= 11 is 0. The van der Waals surface area contributed by atoms with E-state index in [-0.39, 0.29) is 12.3 Å². The first kappa shape index (κ1) is 13.9.